The molecule has 1 N–H and O–H groups in total. The molecule has 0 bridgehead atoms. The summed E-state index contributed by atoms with van der Waals surface area (Å²) in [5.41, 5.74) is 0. The van der Waals surface area contributed by atoms with E-state index in [-0.39, 0.29) is 12.4 Å². The highest BCUT2D eigenvalue weighted by Gasteiger charge is 2.18. The Kier molecular flexibility index (Phi) is 4.47. The van der Waals surface area contributed by atoms with Gasteiger partial charge in [-0.3, -0.25) is 4.55 Å². The first-order chi connectivity index (χ1) is 7.95. The summed E-state index contributed by atoms with van der Waals surface area (Å²) < 4.78 is 40.1. The van der Waals surface area contributed by atoms with Crippen LogP contribution in [0.15, 0.2) is 29.2 Å². The van der Waals surface area contributed by atoms with Gasteiger partial charge in [-0.2, -0.15) is 8.42 Å². The van der Waals surface area contributed by atoms with Gasteiger partial charge in [0.25, 0.3) is 10.1 Å². The minimum absolute atomic E-state index is 0.173. The van der Waals surface area contributed by atoms with Gasteiger partial charge >= 0.3 is 6.16 Å². The molecule has 0 unspecified atom stereocenters. The van der Waals surface area contributed by atoms with E-state index in [9.17, 15) is 13.2 Å². The van der Waals surface area contributed by atoms with Crippen LogP contribution in [0.2, 0.25) is 0 Å². The minimum atomic E-state index is -4.43. The standard InChI is InChI=1S/C10H12O6S/c1-2-7-15-10(11)16-8-5-3-4-6-9(8)17(12,13)14/h3-6H,2,7H2,1H3,(H,12,13,14). The van der Waals surface area contributed by atoms with Crippen molar-refractivity contribution in [1.29, 1.82) is 0 Å². The smallest absolute Gasteiger partial charge is 0.434 e. The summed E-state index contributed by atoms with van der Waals surface area (Å²) in [6, 6.07) is 5.23. The molecule has 6 nitrogen and oxygen atoms in total. The lowest BCUT2D eigenvalue weighted by Crippen LogP contribution is -2.13. The molecule has 0 saturated heterocycles. The van der Waals surface area contributed by atoms with Gasteiger partial charge < -0.3 is 9.47 Å². The first-order valence-electron chi connectivity index (χ1n) is 4.86. The highest BCUT2D eigenvalue weighted by molar-refractivity contribution is 7.86. The van der Waals surface area contributed by atoms with E-state index in [1.165, 1.54) is 18.2 Å². The number of ether oxygens (including phenoxy) is 2. The zero-order valence-corrected chi connectivity index (χ0v) is 9.94. The maximum atomic E-state index is 11.1. The molecular formula is C10H12O6S. The van der Waals surface area contributed by atoms with Gasteiger partial charge in [-0.25, -0.2) is 4.79 Å². The van der Waals surface area contributed by atoms with Crippen molar-refractivity contribution < 1.29 is 27.2 Å². The van der Waals surface area contributed by atoms with E-state index in [0.717, 1.165) is 6.07 Å². The molecule has 0 aromatic heterocycles. The molecule has 0 aliphatic rings. The number of rotatable bonds is 4. The number of hydrogen-bond acceptors (Lipinski definition) is 5. The minimum Gasteiger partial charge on any atom is -0.434 e. The fourth-order valence-corrected chi connectivity index (χ4v) is 1.67. The Bertz CT molecular complexity index is 493. The summed E-state index contributed by atoms with van der Waals surface area (Å²) in [7, 11) is -4.43. The zero-order valence-electron chi connectivity index (χ0n) is 9.12. The highest BCUT2D eigenvalue weighted by Crippen LogP contribution is 2.23. The Morgan fingerprint density at radius 3 is 2.59 bits per heavy atom. The molecule has 0 saturated carbocycles. The number of carbonyl (C=O) groups is 1. The van der Waals surface area contributed by atoms with Crippen LogP contribution in [0.3, 0.4) is 0 Å². The van der Waals surface area contributed by atoms with Gasteiger partial charge in [0.1, 0.15) is 4.90 Å². The van der Waals surface area contributed by atoms with E-state index in [1.807, 2.05) is 0 Å². The third-order valence-corrected chi connectivity index (χ3v) is 2.64. The second kappa shape index (κ2) is 5.65. The molecule has 7 heteroatoms. The third-order valence-electron chi connectivity index (χ3n) is 1.74. The maximum absolute atomic E-state index is 11.1. The van der Waals surface area contributed by atoms with Crippen LogP contribution >= 0.6 is 0 Å². The number of para-hydroxylation sites is 1. The number of carbonyl (C=O) groups excluding carboxylic acids is 1. The van der Waals surface area contributed by atoms with Gasteiger partial charge in [-0.05, 0) is 18.6 Å². The molecule has 0 spiro atoms. The van der Waals surface area contributed by atoms with Gasteiger partial charge in [-0.1, -0.05) is 19.1 Å². The van der Waals surface area contributed by atoms with Crippen molar-refractivity contribution in [1.82, 2.24) is 0 Å². The molecule has 0 aliphatic carbocycles. The third kappa shape index (κ3) is 4.04. The molecular weight excluding hydrogens is 248 g/mol. The Morgan fingerprint density at radius 1 is 1.35 bits per heavy atom. The van der Waals surface area contributed by atoms with E-state index in [0.29, 0.717) is 6.42 Å². The van der Waals surface area contributed by atoms with Crippen LogP contribution in [0.5, 0.6) is 5.75 Å². The molecule has 0 fully saturated rings. The monoisotopic (exact) mass is 260 g/mol. The van der Waals surface area contributed by atoms with Crippen LogP contribution in [-0.4, -0.2) is 25.7 Å². The lowest BCUT2D eigenvalue weighted by Gasteiger charge is -2.07. The second-order valence-corrected chi connectivity index (χ2v) is 4.51. The number of hydrogen-bond donors (Lipinski definition) is 1. The summed E-state index contributed by atoms with van der Waals surface area (Å²) in [4.78, 5) is 10.7. The van der Waals surface area contributed by atoms with Crippen LogP contribution in [0.1, 0.15) is 13.3 Å². The van der Waals surface area contributed by atoms with Crippen LogP contribution in [0.4, 0.5) is 4.79 Å². The van der Waals surface area contributed by atoms with Crippen molar-refractivity contribution in [2.75, 3.05) is 6.61 Å². The SMILES string of the molecule is CCCOC(=O)Oc1ccccc1S(=O)(=O)O. The lowest BCUT2D eigenvalue weighted by atomic mass is 10.3. The van der Waals surface area contributed by atoms with E-state index in [1.54, 1.807) is 6.92 Å². The van der Waals surface area contributed by atoms with Crippen LogP contribution < -0.4 is 4.74 Å². The van der Waals surface area contributed by atoms with Crippen LogP contribution in [-0.2, 0) is 14.9 Å². The fourth-order valence-electron chi connectivity index (χ4n) is 1.05. The van der Waals surface area contributed by atoms with Gasteiger partial charge in [0.05, 0.1) is 6.61 Å². The lowest BCUT2D eigenvalue weighted by molar-refractivity contribution is 0.0981. The Labute approximate surface area is 98.9 Å². The molecule has 0 radical (unpaired) electrons. The first kappa shape index (κ1) is 13.5. The van der Waals surface area contributed by atoms with Crippen molar-refractivity contribution in [2.24, 2.45) is 0 Å². The topological polar surface area (TPSA) is 89.9 Å². The predicted octanol–water partition coefficient (Wildman–Crippen LogP) is 1.86. The largest absolute Gasteiger partial charge is 0.513 e. The average Bonchev–Trinajstić information content (AvgIpc) is 2.25. The molecule has 0 atom stereocenters. The van der Waals surface area contributed by atoms with Crippen LogP contribution in [0, 0.1) is 0 Å². The van der Waals surface area contributed by atoms with Crippen molar-refractivity contribution in [3.05, 3.63) is 24.3 Å². The van der Waals surface area contributed by atoms with Gasteiger partial charge in [0, 0.05) is 0 Å². The molecule has 1 aromatic carbocycles. The maximum Gasteiger partial charge on any atom is 0.513 e. The molecule has 0 aliphatic heterocycles. The van der Waals surface area contributed by atoms with Crippen molar-refractivity contribution in [3.63, 3.8) is 0 Å². The summed E-state index contributed by atoms with van der Waals surface area (Å²) in [5.74, 6) is -0.267. The van der Waals surface area contributed by atoms with E-state index < -0.39 is 21.2 Å². The quantitative estimate of drug-likeness (QED) is 0.505. The van der Waals surface area contributed by atoms with Crippen molar-refractivity contribution in [3.8, 4) is 5.75 Å². The zero-order chi connectivity index (χ0) is 12.9. The Hall–Kier alpha value is -1.60. The van der Waals surface area contributed by atoms with Crippen LogP contribution in [0.25, 0.3) is 0 Å². The average molecular weight is 260 g/mol. The molecule has 94 valence electrons. The van der Waals surface area contributed by atoms with E-state index in [4.69, 9.17) is 4.55 Å². The fraction of sp³-hybridized carbons (Fsp3) is 0.300. The molecule has 17 heavy (non-hydrogen) atoms. The normalized spacial score (nSPS) is 10.9. The highest BCUT2D eigenvalue weighted by atomic mass is 32.2. The van der Waals surface area contributed by atoms with Gasteiger partial charge in [-0.15, -0.1) is 0 Å². The van der Waals surface area contributed by atoms with E-state index in [2.05, 4.69) is 9.47 Å². The van der Waals surface area contributed by atoms with Gasteiger partial charge in [0.2, 0.25) is 0 Å². The van der Waals surface area contributed by atoms with Crippen molar-refractivity contribution >= 4 is 16.3 Å². The summed E-state index contributed by atoms with van der Waals surface area (Å²) >= 11 is 0. The molecule has 1 aromatic rings. The Balaban J connectivity index is 2.88. The summed E-state index contributed by atoms with van der Waals surface area (Å²) in [6.45, 7) is 1.98. The first-order valence-corrected chi connectivity index (χ1v) is 6.30. The number of benzene rings is 1. The second-order valence-electron chi connectivity index (χ2n) is 3.12. The molecule has 0 heterocycles. The summed E-state index contributed by atoms with van der Waals surface area (Å²) in [6.07, 6.45) is -0.391. The van der Waals surface area contributed by atoms with Gasteiger partial charge in [0.15, 0.2) is 5.75 Å². The molecule has 1 rings (SSSR count). The van der Waals surface area contributed by atoms with Crippen molar-refractivity contribution in [2.45, 2.75) is 18.2 Å². The predicted molar refractivity (Wildman–Crippen MR) is 58.5 cm³/mol. The molecule has 0 amide bonds. The van der Waals surface area contributed by atoms with E-state index >= 15 is 0 Å². The Morgan fingerprint density at radius 2 is 2.00 bits per heavy atom. The summed E-state index contributed by atoms with van der Waals surface area (Å²) in [5, 5.41) is 0.